The van der Waals surface area contributed by atoms with E-state index in [1.54, 1.807) is 0 Å². The quantitative estimate of drug-likeness (QED) is 0.299. The smallest absolute Gasteiger partial charge is 0.192 e. The molecule has 0 saturated heterocycles. The maximum Gasteiger partial charge on any atom is 0.192 e. The first kappa shape index (κ1) is 20.1. The Balaban J connectivity index is 2.46. The number of hydrogen-bond acceptors (Lipinski definition) is 2. The molecule has 23 heavy (non-hydrogen) atoms. The number of ether oxygens (including phenoxy) is 1. The highest BCUT2D eigenvalue weighted by molar-refractivity contribution is 6.74. The van der Waals surface area contributed by atoms with Gasteiger partial charge in [-0.25, -0.2) is 0 Å². The molecule has 0 unspecified atom stereocenters. The zero-order valence-electron chi connectivity index (χ0n) is 15.6. The van der Waals surface area contributed by atoms with Gasteiger partial charge in [-0.2, -0.15) is 0 Å². The lowest BCUT2D eigenvalue weighted by Crippen LogP contribution is -2.44. The fraction of sp³-hybridized carbons (Fsp3) is 0.600. The molecule has 0 radical (unpaired) electrons. The number of allylic oxidation sites excluding steroid dienone is 1. The molecule has 1 atom stereocenters. The van der Waals surface area contributed by atoms with Crippen LogP contribution in [0.15, 0.2) is 43.0 Å². The van der Waals surface area contributed by atoms with Gasteiger partial charge in [-0.3, -0.25) is 0 Å². The van der Waals surface area contributed by atoms with Gasteiger partial charge in [-0.05, 0) is 43.0 Å². The number of benzene rings is 1. The second-order valence-corrected chi connectivity index (χ2v) is 12.4. The molecule has 130 valence electrons. The average Bonchev–Trinajstić information content (AvgIpc) is 2.48. The molecule has 0 aromatic heterocycles. The zero-order valence-corrected chi connectivity index (χ0v) is 16.6. The predicted octanol–water partition coefficient (Wildman–Crippen LogP) is 5.95. The summed E-state index contributed by atoms with van der Waals surface area (Å²) >= 11 is 0. The molecule has 0 bridgehead atoms. The van der Waals surface area contributed by atoms with Gasteiger partial charge < -0.3 is 9.16 Å². The zero-order chi connectivity index (χ0) is 17.3. The van der Waals surface area contributed by atoms with Gasteiger partial charge >= 0.3 is 0 Å². The Bertz CT molecular complexity index is 448. The molecule has 0 saturated carbocycles. The summed E-state index contributed by atoms with van der Waals surface area (Å²) in [6.07, 6.45) is 5.23. The van der Waals surface area contributed by atoms with Crippen molar-refractivity contribution in [2.75, 3.05) is 6.61 Å². The normalized spacial score (nSPS) is 13.8. The van der Waals surface area contributed by atoms with E-state index in [4.69, 9.17) is 9.16 Å². The van der Waals surface area contributed by atoms with Crippen molar-refractivity contribution in [3.8, 4) is 0 Å². The van der Waals surface area contributed by atoms with Gasteiger partial charge in [0.05, 0.1) is 6.61 Å². The van der Waals surface area contributed by atoms with Crippen LogP contribution in [-0.4, -0.2) is 21.0 Å². The summed E-state index contributed by atoms with van der Waals surface area (Å²) in [6.45, 7) is 16.8. The van der Waals surface area contributed by atoms with Crippen molar-refractivity contribution in [2.24, 2.45) is 0 Å². The highest BCUT2D eigenvalue weighted by Crippen LogP contribution is 2.38. The minimum Gasteiger partial charge on any atom is -0.414 e. The topological polar surface area (TPSA) is 18.5 Å². The summed E-state index contributed by atoms with van der Waals surface area (Å²) in [6, 6.07) is 10.3. The van der Waals surface area contributed by atoms with Crippen molar-refractivity contribution in [3.05, 3.63) is 48.6 Å². The van der Waals surface area contributed by atoms with E-state index in [0.29, 0.717) is 6.61 Å². The molecule has 0 spiro atoms. The molecule has 0 aliphatic carbocycles. The van der Waals surface area contributed by atoms with Crippen molar-refractivity contribution >= 4 is 8.32 Å². The largest absolute Gasteiger partial charge is 0.414 e. The Morgan fingerprint density at radius 3 is 2.35 bits per heavy atom. The van der Waals surface area contributed by atoms with Crippen LogP contribution >= 0.6 is 0 Å². The molecule has 0 fully saturated rings. The van der Waals surface area contributed by atoms with Crippen molar-refractivity contribution in [1.82, 2.24) is 0 Å². The Hall–Kier alpha value is -0.903. The predicted molar refractivity (Wildman–Crippen MR) is 102 cm³/mol. The van der Waals surface area contributed by atoms with Gasteiger partial charge in [-0.1, -0.05) is 57.2 Å². The van der Waals surface area contributed by atoms with E-state index < -0.39 is 8.32 Å². The van der Waals surface area contributed by atoms with Crippen LogP contribution in [0.1, 0.15) is 45.6 Å². The summed E-state index contributed by atoms with van der Waals surface area (Å²) in [5.41, 5.74) is 1.22. The van der Waals surface area contributed by atoms with E-state index in [9.17, 15) is 0 Å². The molecule has 0 amide bonds. The van der Waals surface area contributed by atoms with E-state index in [-0.39, 0.29) is 11.1 Å². The van der Waals surface area contributed by atoms with Crippen LogP contribution in [0, 0.1) is 0 Å². The van der Waals surface area contributed by atoms with Gasteiger partial charge in [-0.15, -0.1) is 6.58 Å². The van der Waals surface area contributed by atoms with Crippen LogP contribution in [0.4, 0.5) is 0 Å². The van der Waals surface area contributed by atoms with Crippen molar-refractivity contribution in [2.45, 2.75) is 70.9 Å². The summed E-state index contributed by atoms with van der Waals surface area (Å²) in [7, 11) is -1.73. The first-order valence-electron chi connectivity index (χ1n) is 8.66. The number of rotatable bonds is 10. The highest BCUT2D eigenvalue weighted by atomic mass is 28.4. The molecular weight excluding hydrogens is 300 g/mol. The average molecular weight is 335 g/mol. The SMILES string of the molecule is C=CCC[C@@H](CCOCc1ccccc1)O[Si](C)(C)C(C)(C)C. The molecule has 1 aromatic carbocycles. The summed E-state index contributed by atoms with van der Waals surface area (Å²) in [4.78, 5) is 0. The first-order chi connectivity index (χ1) is 10.8. The summed E-state index contributed by atoms with van der Waals surface area (Å²) in [5, 5.41) is 0.240. The van der Waals surface area contributed by atoms with Gasteiger partial charge in [0.15, 0.2) is 8.32 Å². The van der Waals surface area contributed by atoms with Crippen LogP contribution in [-0.2, 0) is 15.8 Å². The monoisotopic (exact) mass is 334 g/mol. The fourth-order valence-corrected chi connectivity index (χ4v) is 3.56. The standard InChI is InChI=1S/C20H34O2Si/c1-7-8-14-19(22-23(5,6)20(2,3)4)15-16-21-17-18-12-10-9-11-13-18/h7,9-13,19H,1,8,14-17H2,2-6H3/t19-/m0/s1. The van der Waals surface area contributed by atoms with Crippen molar-refractivity contribution < 1.29 is 9.16 Å². The third-order valence-corrected chi connectivity index (χ3v) is 9.19. The maximum atomic E-state index is 6.57. The van der Waals surface area contributed by atoms with E-state index in [1.807, 2.05) is 24.3 Å². The Morgan fingerprint density at radius 2 is 1.78 bits per heavy atom. The van der Waals surface area contributed by atoms with Crippen molar-refractivity contribution in [3.63, 3.8) is 0 Å². The van der Waals surface area contributed by atoms with E-state index in [1.165, 1.54) is 5.56 Å². The molecular formula is C20H34O2Si. The third kappa shape index (κ3) is 7.47. The van der Waals surface area contributed by atoms with E-state index >= 15 is 0 Å². The third-order valence-electron chi connectivity index (χ3n) is 4.66. The van der Waals surface area contributed by atoms with Crippen molar-refractivity contribution in [1.29, 1.82) is 0 Å². The summed E-state index contributed by atoms with van der Waals surface area (Å²) < 4.78 is 12.4. The van der Waals surface area contributed by atoms with E-state index in [2.05, 4.69) is 52.6 Å². The van der Waals surface area contributed by atoms with Crippen LogP contribution in [0.2, 0.25) is 18.1 Å². The maximum absolute atomic E-state index is 6.57. The molecule has 3 heteroatoms. The van der Waals surface area contributed by atoms with Gasteiger partial charge in [0.1, 0.15) is 0 Å². The molecule has 1 rings (SSSR count). The van der Waals surface area contributed by atoms with E-state index in [0.717, 1.165) is 25.9 Å². The minimum atomic E-state index is -1.73. The Labute approximate surface area is 144 Å². The van der Waals surface area contributed by atoms with Crippen LogP contribution in [0.3, 0.4) is 0 Å². The van der Waals surface area contributed by atoms with Crippen LogP contribution < -0.4 is 0 Å². The fourth-order valence-electron chi connectivity index (χ4n) is 2.14. The highest BCUT2D eigenvalue weighted by Gasteiger charge is 2.38. The lowest BCUT2D eigenvalue weighted by Gasteiger charge is -2.39. The Morgan fingerprint density at radius 1 is 1.13 bits per heavy atom. The molecule has 0 aliphatic heterocycles. The van der Waals surface area contributed by atoms with Gasteiger partial charge in [0.2, 0.25) is 0 Å². The molecule has 1 aromatic rings. The molecule has 2 nitrogen and oxygen atoms in total. The first-order valence-corrected chi connectivity index (χ1v) is 11.6. The summed E-state index contributed by atoms with van der Waals surface area (Å²) in [5.74, 6) is 0. The van der Waals surface area contributed by atoms with Crippen LogP contribution in [0.5, 0.6) is 0 Å². The van der Waals surface area contributed by atoms with Crippen LogP contribution in [0.25, 0.3) is 0 Å². The Kier molecular flexibility index (Phi) is 8.24. The second-order valence-electron chi connectivity index (χ2n) is 7.69. The lowest BCUT2D eigenvalue weighted by molar-refractivity contribution is 0.0746. The minimum absolute atomic E-state index is 0.240. The van der Waals surface area contributed by atoms with Gasteiger partial charge in [0.25, 0.3) is 0 Å². The lowest BCUT2D eigenvalue weighted by atomic mass is 10.1. The molecule has 0 aliphatic rings. The van der Waals surface area contributed by atoms with Gasteiger partial charge in [0, 0.05) is 12.7 Å². The second kappa shape index (κ2) is 9.41. The molecule has 0 heterocycles. The molecule has 0 N–H and O–H groups in total. The number of hydrogen-bond donors (Lipinski definition) is 0.